The molecule has 2 atom stereocenters. The van der Waals surface area contributed by atoms with Crippen molar-refractivity contribution in [2.75, 3.05) is 13.2 Å². The highest BCUT2D eigenvalue weighted by molar-refractivity contribution is 7.92. The van der Waals surface area contributed by atoms with Crippen molar-refractivity contribution < 1.29 is 13.2 Å². The lowest BCUT2D eigenvalue weighted by molar-refractivity contribution is 0.0275. The van der Waals surface area contributed by atoms with Gasteiger partial charge < -0.3 is 4.74 Å². The van der Waals surface area contributed by atoms with Gasteiger partial charge in [-0.2, -0.15) is 4.31 Å². The molecule has 0 aliphatic carbocycles. The fourth-order valence-electron chi connectivity index (χ4n) is 2.81. The van der Waals surface area contributed by atoms with E-state index in [2.05, 4.69) is 0 Å². The highest BCUT2D eigenvalue weighted by Crippen LogP contribution is 2.32. The molecule has 3 rings (SSSR count). The Hall–Kier alpha value is -1.17. The Morgan fingerprint density at radius 2 is 1.74 bits per heavy atom. The van der Waals surface area contributed by atoms with Crippen molar-refractivity contribution in [1.82, 2.24) is 4.31 Å². The molecule has 19 heavy (non-hydrogen) atoms. The molecule has 4 nitrogen and oxygen atoms in total. The minimum absolute atomic E-state index is 0.0178. The maximum absolute atomic E-state index is 12.4. The molecule has 5 heteroatoms. The molecular formula is C14H17NO3S. The molecule has 1 aromatic carbocycles. The van der Waals surface area contributed by atoms with Crippen LogP contribution in [0.3, 0.4) is 0 Å². The summed E-state index contributed by atoms with van der Waals surface area (Å²) in [5.74, 6) is 0. The number of ether oxygens (including phenoxy) is 1. The summed E-state index contributed by atoms with van der Waals surface area (Å²) in [6.07, 6.45) is 3.47. The molecule has 2 heterocycles. The van der Waals surface area contributed by atoms with Crippen molar-refractivity contribution in [3.8, 4) is 0 Å². The number of nitrogens with zero attached hydrogens (tertiary/aromatic N) is 1. The van der Waals surface area contributed by atoms with Crippen molar-refractivity contribution in [2.45, 2.75) is 24.9 Å². The fraction of sp³-hybridized carbons (Fsp3) is 0.429. The van der Waals surface area contributed by atoms with Gasteiger partial charge in [-0.1, -0.05) is 30.3 Å². The first-order valence-corrected chi connectivity index (χ1v) is 8.01. The number of hydrogen-bond acceptors (Lipinski definition) is 3. The van der Waals surface area contributed by atoms with Crippen LogP contribution >= 0.6 is 0 Å². The second-order valence-corrected chi connectivity index (χ2v) is 6.73. The van der Waals surface area contributed by atoms with Crippen LogP contribution in [0.1, 0.15) is 18.4 Å². The van der Waals surface area contributed by atoms with Gasteiger partial charge in [0, 0.05) is 17.5 Å². The molecule has 102 valence electrons. The SMILES string of the molecule is O=S(=O)(/C=C/c1ccccc1)N1[C@H]2CC[C@H]1COC2. The molecule has 0 N–H and O–H groups in total. The van der Waals surface area contributed by atoms with Gasteiger partial charge in [0.2, 0.25) is 10.0 Å². The Balaban J connectivity index is 1.82. The van der Waals surface area contributed by atoms with Crippen LogP contribution < -0.4 is 0 Å². The standard InChI is InChI=1S/C14H17NO3S/c16-19(17,9-8-12-4-2-1-3-5-12)15-13-6-7-14(15)11-18-10-13/h1-5,8-9,13-14H,6-7,10-11H2/b9-8+/t13-,14-/m0/s1. The number of hydrogen-bond donors (Lipinski definition) is 0. The summed E-state index contributed by atoms with van der Waals surface area (Å²) >= 11 is 0. The molecule has 0 unspecified atom stereocenters. The average Bonchev–Trinajstić information content (AvgIpc) is 2.70. The third kappa shape index (κ3) is 2.59. The topological polar surface area (TPSA) is 46.6 Å². The second kappa shape index (κ2) is 5.07. The van der Waals surface area contributed by atoms with Crippen LogP contribution in [0.15, 0.2) is 35.7 Å². The summed E-state index contributed by atoms with van der Waals surface area (Å²) in [5.41, 5.74) is 0.895. The molecular weight excluding hydrogens is 262 g/mol. The Morgan fingerprint density at radius 3 is 2.37 bits per heavy atom. The van der Waals surface area contributed by atoms with Gasteiger partial charge in [-0.05, 0) is 24.5 Å². The third-order valence-electron chi connectivity index (χ3n) is 3.70. The smallest absolute Gasteiger partial charge is 0.236 e. The zero-order chi connectivity index (χ0) is 13.3. The van der Waals surface area contributed by atoms with Crippen LogP contribution in [0.2, 0.25) is 0 Å². The molecule has 2 aliphatic rings. The number of fused-ring (bicyclic) bond motifs is 2. The number of sulfonamides is 1. The molecule has 2 saturated heterocycles. The van der Waals surface area contributed by atoms with Crippen molar-refractivity contribution in [3.63, 3.8) is 0 Å². The van der Waals surface area contributed by atoms with Crippen LogP contribution in [0, 0.1) is 0 Å². The average molecular weight is 279 g/mol. The summed E-state index contributed by atoms with van der Waals surface area (Å²) in [7, 11) is -3.34. The molecule has 2 bridgehead atoms. The maximum Gasteiger partial charge on any atom is 0.236 e. The molecule has 0 aromatic heterocycles. The Kier molecular flexibility index (Phi) is 3.43. The Labute approximate surface area is 113 Å². The van der Waals surface area contributed by atoms with Gasteiger partial charge in [0.15, 0.2) is 0 Å². The highest BCUT2D eigenvalue weighted by Gasteiger charge is 2.43. The van der Waals surface area contributed by atoms with Crippen LogP contribution in [0.25, 0.3) is 6.08 Å². The molecule has 0 spiro atoms. The summed E-state index contributed by atoms with van der Waals surface area (Å²) in [6.45, 7) is 1.05. The van der Waals surface area contributed by atoms with Gasteiger partial charge in [-0.25, -0.2) is 8.42 Å². The number of morpholine rings is 1. The van der Waals surface area contributed by atoms with E-state index in [0.717, 1.165) is 18.4 Å². The van der Waals surface area contributed by atoms with Gasteiger partial charge in [-0.15, -0.1) is 0 Å². The highest BCUT2D eigenvalue weighted by atomic mass is 32.2. The summed E-state index contributed by atoms with van der Waals surface area (Å²) < 4.78 is 31.9. The molecule has 0 saturated carbocycles. The van der Waals surface area contributed by atoms with E-state index in [1.54, 1.807) is 10.4 Å². The third-order valence-corrected chi connectivity index (χ3v) is 5.36. The van der Waals surface area contributed by atoms with E-state index in [9.17, 15) is 8.42 Å². The second-order valence-electron chi connectivity index (χ2n) is 5.01. The number of benzene rings is 1. The maximum atomic E-state index is 12.4. The van der Waals surface area contributed by atoms with Gasteiger partial charge >= 0.3 is 0 Å². The van der Waals surface area contributed by atoms with E-state index in [0.29, 0.717) is 13.2 Å². The van der Waals surface area contributed by atoms with E-state index >= 15 is 0 Å². The van der Waals surface area contributed by atoms with Crippen molar-refractivity contribution in [1.29, 1.82) is 0 Å². The summed E-state index contributed by atoms with van der Waals surface area (Å²) in [5, 5.41) is 1.32. The van der Waals surface area contributed by atoms with Crippen molar-refractivity contribution in [2.24, 2.45) is 0 Å². The van der Waals surface area contributed by atoms with Crippen LogP contribution in [-0.4, -0.2) is 38.0 Å². The predicted molar refractivity (Wildman–Crippen MR) is 73.9 cm³/mol. The zero-order valence-electron chi connectivity index (χ0n) is 10.6. The predicted octanol–water partition coefficient (Wildman–Crippen LogP) is 1.85. The van der Waals surface area contributed by atoms with Gasteiger partial charge in [0.05, 0.1) is 13.2 Å². The first-order chi connectivity index (χ1) is 9.17. The Bertz CT molecular complexity index is 552. The summed E-state index contributed by atoms with van der Waals surface area (Å²) in [6, 6.07) is 9.51. The minimum atomic E-state index is -3.34. The van der Waals surface area contributed by atoms with Gasteiger partial charge in [-0.3, -0.25) is 0 Å². The lowest BCUT2D eigenvalue weighted by Crippen LogP contribution is -2.48. The fourth-order valence-corrected chi connectivity index (χ4v) is 4.44. The van der Waals surface area contributed by atoms with Crippen LogP contribution in [0.5, 0.6) is 0 Å². The number of rotatable bonds is 3. The zero-order valence-corrected chi connectivity index (χ0v) is 11.4. The normalized spacial score (nSPS) is 28.0. The lowest BCUT2D eigenvalue weighted by atomic mass is 10.2. The van der Waals surface area contributed by atoms with Crippen molar-refractivity contribution in [3.05, 3.63) is 41.3 Å². The van der Waals surface area contributed by atoms with E-state index < -0.39 is 10.0 Å². The van der Waals surface area contributed by atoms with Crippen LogP contribution in [-0.2, 0) is 14.8 Å². The molecule has 0 amide bonds. The Morgan fingerprint density at radius 1 is 1.11 bits per heavy atom. The first-order valence-electron chi connectivity index (χ1n) is 6.51. The molecule has 1 aromatic rings. The molecule has 2 aliphatic heterocycles. The quantitative estimate of drug-likeness (QED) is 0.848. The van der Waals surface area contributed by atoms with E-state index in [-0.39, 0.29) is 12.1 Å². The van der Waals surface area contributed by atoms with Gasteiger partial charge in [0.1, 0.15) is 0 Å². The van der Waals surface area contributed by atoms with E-state index in [1.165, 1.54) is 5.41 Å². The lowest BCUT2D eigenvalue weighted by Gasteiger charge is -2.32. The molecule has 2 fully saturated rings. The first kappa shape index (κ1) is 12.8. The monoisotopic (exact) mass is 279 g/mol. The summed E-state index contributed by atoms with van der Waals surface area (Å²) in [4.78, 5) is 0. The van der Waals surface area contributed by atoms with Crippen LogP contribution in [0.4, 0.5) is 0 Å². The van der Waals surface area contributed by atoms with Gasteiger partial charge in [0.25, 0.3) is 0 Å². The largest absolute Gasteiger partial charge is 0.378 e. The molecule has 0 radical (unpaired) electrons. The van der Waals surface area contributed by atoms with E-state index in [1.807, 2.05) is 30.3 Å². The minimum Gasteiger partial charge on any atom is -0.378 e. The van der Waals surface area contributed by atoms with E-state index in [4.69, 9.17) is 4.74 Å². The van der Waals surface area contributed by atoms with Crippen molar-refractivity contribution >= 4 is 16.1 Å².